The minimum Gasteiger partial charge on any atom is -0.456 e. The zero-order chi connectivity index (χ0) is 12.8. The second-order valence-electron chi connectivity index (χ2n) is 5.48. The minimum atomic E-state index is -0.452. The van der Waals surface area contributed by atoms with Crippen molar-refractivity contribution in [3.63, 3.8) is 0 Å². The SMILES string of the molecule is C=CC(=O)OC(C)(C)C(C)(C)CCCCC. The van der Waals surface area contributed by atoms with E-state index in [1.54, 1.807) is 0 Å². The van der Waals surface area contributed by atoms with E-state index < -0.39 is 5.60 Å². The maximum Gasteiger partial charge on any atom is 0.330 e. The Morgan fingerprint density at radius 3 is 2.25 bits per heavy atom. The lowest BCUT2D eigenvalue weighted by molar-refractivity contribution is -0.162. The first kappa shape index (κ1) is 15.2. The van der Waals surface area contributed by atoms with Gasteiger partial charge in [0.25, 0.3) is 0 Å². The summed E-state index contributed by atoms with van der Waals surface area (Å²) in [6, 6.07) is 0. The predicted octanol–water partition coefficient (Wildman–Crippen LogP) is 4.10. The topological polar surface area (TPSA) is 26.3 Å². The van der Waals surface area contributed by atoms with Gasteiger partial charge in [0, 0.05) is 11.5 Å². The van der Waals surface area contributed by atoms with Gasteiger partial charge < -0.3 is 4.74 Å². The van der Waals surface area contributed by atoms with Crippen LogP contribution in [0.1, 0.15) is 60.3 Å². The standard InChI is InChI=1S/C14H26O2/c1-7-9-10-11-13(3,4)14(5,6)16-12(15)8-2/h8H,2,7,9-11H2,1,3-6H3. The number of hydrogen-bond acceptors (Lipinski definition) is 2. The van der Waals surface area contributed by atoms with Crippen LogP contribution >= 0.6 is 0 Å². The third kappa shape index (κ3) is 4.38. The molecule has 2 heteroatoms. The molecule has 0 unspecified atom stereocenters. The summed E-state index contributed by atoms with van der Waals surface area (Å²) in [4.78, 5) is 11.3. The number of unbranched alkanes of at least 4 members (excludes halogenated alkanes) is 2. The van der Waals surface area contributed by atoms with Crippen molar-refractivity contribution in [3.8, 4) is 0 Å². The fraction of sp³-hybridized carbons (Fsp3) is 0.786. The van der Waals surface area contributed by atoms with Crippen LogP contribution in [0, 0.1) is 5.41 Å². The highest BCUT2D eigenvalue weighted by atomic mass is 16.6. The summed E-state index contributed by atoms with van der Waals surface area (Å²) >= 11 is 0. The first-order valence-corrected chi connectivity index (χ1v) is 6.12. The molecule has 0 amide bonds. The van der Waals surface area contributed by atoms with Crippen LogP contribution in [0.3, 0.4) is 0 Å². The summed E-state index contributed by atoms with van der Waals surface area (Å²) in [6.07, 6.45) is 5.92. The third-order valence-corrected chi connectivity index (χ3v) is 3.56. The van der Waals surface area contributed by atoms with Crippen molar-refractivity contribution >= 4 is 5.97 Å². The van der Waals surface area contributed by atoms with Crippen LogP contribution in [0.15, 0.2) is 12.7 Å². The molecule has 0 rings (SSSR count). The van der Waals surface area contributed by atoms with Crippen LogP contribution in [0.25, 0.3) is 0 Å². The Bertz CT molecular complexity index is 239. The summed E-state index contributed by atoms with van der Waals surface area (Å²) in [5.74, 6) is -0.339. The van der Waals surface area contributed by atoms with Crippen LogP contribution < -0.4 is 0 Å². The van der Waals surface area contributed by atoms with Gasteiger partial charge in [0.05, 0.1) is 0 Å². The number of hydrogen-bond donors (Lipinski definition) is 0. The highest BCUT2D eigenvalue weighted by Gasteiger charge is 2.39. The second kappa shape index (κ2) is 6.07. The summed E-state index contributed by atoms with van der Waals surface area (Å²) in [5, 5.41) is 0. The Balaban J connectivity index is 4.44. The third-order valence-electron chi connectivity index (χ3n) is 3.56. The van der Waals surface area contributed by atoms with Crippen LogP contribution in [-0.4, -0.2) is 11.6 Å². The number of esters is 1. The lowest BCUT2D eigenvalue weighted by Gasteiger charge is -2.40. The summed E-state index contributed by atoms with van der Waals surface area (Å²) in [5.41, 5.74) is -0.465. The van der Waals surface area contributed by atoms with Crippen LogP contribution in [-0.2, 0) is 9.53 Å². The molecule has 0 fully saturated rings. The molecule has 2 nitrogen and oxygen atoms in total. The molecule has 0 bridgehead atoms. The van der Waals surface area contributed by atoms with E-state index in [0.717, 1.165) is 6.42 Å². The van der Waals surface area contributed by atoms with E-state index >= 15 is 0 Å². The minimum absolute atomic E-state index is 0.0131. The fourth-order valence-electron chi connectivity index (χ4n) is 1.55. The van der Waals surface area contributed by atoms with Gasteiger partial charge in [-0.1, -0.05) is 46.6 Å². The van der Waals surface area contributed by atoms with Crippen LogP contribution in [0.4, 0.5) is 0 Å². The molecule has 94 valence electrons. The van der Waals surface area contributed by atoms with E-state index in [9.17, 15) is 4.79 Å². The second-order valence-corrected chi connectivity index (χ2v) is 5.48. The zero-order valence-electron chi connectivity index (χ0n) is 11.4. The van der Waals surface area contributed by atoms with E-state index in [1.807, 2.05) is 13.8 Å². The molecule has 0 radical (unpaired) electrons. The lowest BCUT2D eigenvalue weighted by atomic mass is 9.73. The molecule has 0 atom stereocenters. The molecule has 0 aliphatic heterocycles. The molecule has 0 heterocycles. The molecule has 0 aromatic heterocycles. The van der Waals surface area contributed by atoms with Gasteiger partial charge in [-0.15, -0.1) is 0 Å². The van der Waals surface area contributed by atoms with Crippen molar-refractivity contribution in [2.75, 3.05) is 0 Å². The number of carbonyl (C=O) groups excluding carboxylic acids is 1. The van der Waals surface area contributed by atoms with E-state index in [4.69, 9.17) is 4.74 Å². The Morgan fingerprint density at radius 2 is 1.81 bits per heavy atom. The van der Waals surface area contributed by atoms with Crippen molar-refractivity contribution in [2.45, 2.75) is 65.9 Å². The van der Waals surface area contributed by atoms with E-state index in [2.05, 4.69) is 27.4 Å². The lowest BCUT2D eigenvalue weighted by Crippen LogP contribution is -2.43. The van der Waals surface area contributed by atoms with Crippen molar-refractivity contribution < 1.29 is 9.53 Å². The molecule has 0 N–H and O–H groups in total. The Morgan fingerprint density at radius 1 is 1.25 bits per heavy atom. The van der Waals surface area contributed by atoms with Crippen LogP contribution in [0.5, 0.6) is 0 Å². The first-order chi connectivity index (χ1) is 7.27. The highest BCUT2D eigenvalue weighted by molar-refractivity contribution is 5.81. The number of ether oxygens (including phenoxy) is 1. The summed E-state index contributed by atoms with van der Waals surface area (Å²) in [6.45, 7) is 13.9. The average molecular weight is 226 g/mol. The van der Waals surface area contributed by atoms with Gasteiger partial charge in [-0.3, -0.25) is 0 Å². The van der Waals surface area contributed by atoms with E-state index in [-0.39, 0.29) is 11.4 Å². The largest absolute Gasteiger partial charge is 0.456 e. The van der Waals surface area contributed by atoms with Gasteiger partial charge in [0.1, 0.15) is 5.60 Å². The van der Waals surface area contributed by atoms with Gasteiger partial charge in [-0.25, -0.2) is 4.79 Å². The first-order valence-electron chi connectivity index (χ1n) is 6.12. The molecule has 0 saturated carbocycles. The molecule has 0 aliphatic carbocycles. The van der Waals surface area contributed by atoms with Crippen molar-refractivity contribution in [3.05, 3.63) is 12.7 Å². The molecule has 0 aromatic rings. The van der Waals surface area contributed by atoms with E-state index in [0.29, 0.717) is 0 Å². The molecule has 16 heavy (non-hydrogen) atoms. The average Bonchev–Trinajstić information content (AvgIpc) is 2.17. The molecule has 0 aromatic carbocycles. The summed E-state index contributed by atoms with van der Waals surface area (Å²) < 4.78 is 5.43. The monoisotopic (exact) mass is 226 g/mol. The zero-order valence-corrected chi connectivity index (χ0v) is 11.4. The number of carbonyl (C=O) groups is 1. The van der Waals surface area contributed by atoms with Gasteiger partial charge in [-0.2, -0.15) is 0 Å². The Labute approximate surface area is 100 Å². The Kier molecular flexibility index (Phi) is 5.77. The van der Waals surface area contributed by atoms with Crippen molar-refractivity contribution in [2.24, 2.45) is 5.41 Å². The van der Waals surface area contributed by atoms with Crippen molar-refractivity contribution in [1.29, 1.82) is 0 Å². The fourth-order valence-corrected chi connectivity index (χ4v) is 1.55. The Hall–Kier alpha value is -0.790. The molecule has 0 saturated heterocycles. The van der Waals surface area contributed by atoms with E-state index in [1.165, 1.54) is 25.3 Å². The predicted molar refractivity (Wildman–Crippen MR) is 68.3 cm³/mol. The van der Waals surface area contributed by atoms with Crippen molar-refractivity contribution in [1.82, 2.24) is 0 Å². The summed E-state index contributed by atoms with van der Waals surface area (Å²) in [7, 11) is 0. The van der Waals surface area contributed by atoms with Gasteiger partial charge >= 0.3 is 5.97 Å². The maximum absolute atomic E-state index is 11.3. The van der Waals surface area contributed by atoms with Gasteiger partial charge in [0.15, 0.2) is 0 Å². The van der Waals surface area contributed by atoms with Gasteiger partial charge in [-0.05, 0) is 20.3 Å². The highest BCUT2D eigenvalue weighted by Crippen LogP contribution is 2.38. The smallest absolute Gasteiger partial charge is 0.330 e. The van der Waals surface area contributed by atoms with Gasteiger partial charge in [0.2, 0.25) is 0 Å². The molecule has 0 spiro atoms. The molecular weight excluding hydrogens is 200 g/mol. The quantitative estimate of drug-likeness (QED) is 0.371. The maximum atomic E-state index is 11.3. The van der Waals surface area contributed by atoms with Crippen LogP contribution in [0.2, 0.25) is 0 Å². The molecule has 0 aliphatic rings. The normalized spacial score (nSPS) is 12.3. The molecular formula is C14H26O2. The number of rotatable bonds is 7.